The lowest BCUT2D eigenvalue weighted by Gasteiger charge is -2.23. The van der Waals surface area contributed by atoms with E-state index in [2.05, 4.69) is 0 Å². The van der Waals surface area contributed by atoms with Crippen molar-refractivity contribution < 1.29 is 22.9 Å². The lowest BCUT2D eigenvalue weighted by molar-refractivity contribution is -0.387. The predicted molar refractivity (Wildman–Crippen MR) is 101 cm³/mol. The molecule has 2 aromatic rings. The third-order valence-corrected chi connectivity index (χ3v) is 5.96. The van der Waals surface area contributed by atoms with Crippen LogP contribution in [0.5, 0.6) is 0 Å². The maximum atomic E-state index is 13.1. The second kappa shape index (κ2) is 8.55. The number of nitrogens with zero attached hydrogens (tertiary/aromatic N) is 2. The summed E-state index contributed by atoms with van der Waals surface area (Å²) in [6.45, 7) is 0.914. The second-order valence-corrected chi connectivity index (χ2v) is 7.79. The van der Waals surface area contributed by atoms with Crippen LogP contribution in [0, 0.1) is 10.1 Å². The first kappa shape index (κ1) is 20.9. The molecule has 2 aromatic carbocycles. The highest BCUT2D eigenvalue weighted by atomic mass is 35.5. The fourth-order valence-electron chi connectivity index (χ4n) is 2.22. The molecular formula is C16H14Cl2N2O6S. The SMILES string of the molecule is CCOC(=O)CN(c1ccc(Cl)c(Cl)c1)S(=O)(=O)c1ccccc1[N+](=O)[O-]. The Morgan fingerprint density at radius 2 is 1.85 bits per heavy atom. The predicted octanol–water partition coefficient (Wildman–Crippen LogP) is 3.66. The number of carbonyl (C=O) groups excluding carboxylic acids is 1. The number of hydrogen-bond donors (Lipinski definition) is 0. The maximum Gasteiger partial charge on any atom is 0.326 e. The first-order chi connectivity index (χ1) is 12.7. The lowest BCUT2D eigenvalue weighted by Crippen LogP contribution is -2.37. The minimum Gasteiger partial charge on any atom is -0.465 e. The van der Waals surface area contributed by atoms with Crippen LogP contribution in [0.15, 0.2) is 47.4 Å². The monoisotopic (exact) mass is 432 g/mol. The van der Waals surface area contributed by atoms with Crippen molar-refractivity contribution in [1.82, 2.24) is 0 Å². The number of halogens is 2. The topological polar surface area (TPSA) is 107 Å². The lowest BCUT2D eigenvalue weighted by atomic mass is 10.3. The van der Waals surface area contributed by atoms with Crippen LogP contribution in [0.25, 0.3) is 0 Å². The molecule has 2 rings (SSSR count). The van der Waals surface area contributed by atoms with E-state index in [0.29, 0.717) is 4.31 Å². The van der Waals surface area contributed by atoms with Gasteiger partial charge in [0, 0.05) is 6.07 Å². The number of nitro groups is 1. The molecule has 0 amide bonds. The number of nitro benzene ring substituents is 1. The maximum absolute atomic E-state index is 13.1. The molecule has 0 N–H and O–H groups in total. The summed E-state index contributed by atoms with van der Waals surface area (Å²) >= 11 is 11.8. The average molecular weight is 433 g/mol. The van der Waals surface area contributed by atoms with E-state index in [-0.39, 0.29) is 22.3 Å². The van der Waals surface area contributed by atoms with Gasteiger partial charge in [0.1, 0.15) is 6.54 Å². The van der Waals surface area contributed by atoms with E-state index in [1.807, 2.05) is 0 Å². The fraction of sp³-hybridized carbons (Fsp3) is 0.188. The van der Waals surface area contributed by atoms with Crippen LogP contribution >= 0.6 is 23.2 Å². The standard InChI is InChI=1S/C16H14Cl2N2O6S/c1-2-26-16(21)10-19(11-7-8-12(17)13(18)9-11)27(24,25)15-6-4-3-5-14(15)20(22)23/h3-9H,2,10H2,1H3. The van der Waals surface area contributed by atoms with Crippen LogP contribution in [0.1, 0.15) is 6.92 Å². The van der Waals surface area contributed by atoms with Crippen molar-refractivity contribution in [1.29, 1.82) is 0 Å². The second-order valence-electron chi connectivity index (χ2n) is 5.14. The smallest absolute Gasteiger partial charge is 0.326 e. The van der Waals surface area contributed by atoms with Gasteiger partial charge in [0.05, 0.1) is 27.3 Å². The first-order valence-corrected chi connectivity index (χ1v) is 9.75. The molecule has 0 fully saturated rings. The average Bonchev–Trinajstić information content (AvgIpc) is 2.62. The Labute approximate surface area is 165 Å². The minimum absolute atomic E-state index is 0.00982. The zero-order chi connectivity index (χ0) is 20.2. The molecule has 0 bridgehead atoms. The van der Waals surface area contributed by atoms with Gasteiger partial charge in [0.2, 0.25) is 0 Å². The Balaban J connectivity index is 2.63. The largest absolute Gasteiger partial charge is 0.465 e. The van der Waals surface area contributed by atoms with E-state index < -0.39 is 38.0 Å². The first-order valence-electron chi connectivity index (χ1n) is 7.55. The van der Waals surface area contributed by atoms with Crippen LogP contribution in [-0.2, 0) is 19.6 Å². The molecule has 0 unspecified atom stereocenters. The molecule has 11 heteroatoms. The Bertz CT molecular complexity index is 981. The van der Waals surface area contributed by atoms with E-state index in [0.717, 1.165) is 12.1 Å². The van der Waals surface area contributed by atoms with Gasteiger partial charge in [-0.05, 0) is 31.2 Å². The third-order valence-electron chi connectivity index (χ3n) is 3.40. The number of rotatable bonds is 7. The van der Waals surface area contributed by atoms with Gasteiger partial charge in [-0.3, -0.25) is 19.2 Å². The molecule has 0 heterocycles. The number of anilines is 1. The highest BCUT2D eigenvalue weighted by molar-refractivity contribution is 7.93. The molecule has 8 nitrogen and oxygen atoms in total. The van der Waals surface area contributed by atoms with Crippen LogP contribution in [0.2, 0.25) is 10.0 Å². The summed E-state index contributed by atoms with van der Waals surface area (Å²) < 4.78 is 31.8. The molecule has 0 aliphatic heterocycles. The molecule has 144 valence electrons. The normalized spacial score (nSPS) is 11.1. The molecule has 0 radical (unpaired) electrons. The van der Waals surface area contributed by atoms with E-state index in [4.69, 9.17) is 27.9 Å². The van der Waals surface area contributed by atoms with E-state index in [9.17, 15) is 23.3 Å². The number of hydrogen-bond acceptors (Lipinski definition) is 6. The molecule has 0 aliphatic carbocycles. The number of esters is 1. The van der Waals surface area contributed by atoms with E-state index in [1.54, 1.807) is 6.92 Å². The molecule has 0 aromatic heterocycles. The highest BCUT2D eigenvalue weighted by Crippen LogP contribution is 2.33. The molecule has 27 heavy (non-hydrogen) atoms. The Morgan fingerprint density at radius 1 is 1.19 bits per heavy atom. The summed E-state index contributed by atoms with van der Waals surface area (Å²) in [5.41, 5.74) is -0.609. The van der Waals surface area contributed by atoms with Crippen molar-refractivity contribution in [2.75, 3.05) is 17.5 Å². The van der Waals surface area contributed by atoms with Crippen LogP contribution in [-0.4, -0.2) is 32.5 Å². The molecular weight excluding hydrogens is 419 g/mol. The Kier molecular flexibility index (Phi) is 6.63. The highest BCUT2D eigenvalue weighted by Gasteiger charge is 2.33. The van der Waals surface area contributed by atoms with Gasteiger partial charge < -0.3 is 4.74 Å². The van der Waals surface area contributed by atoms with Crippen molar-refractivity contribution >= 4 is 50.6 Å². The fourth-order valence-corrected chi connectivity index (χ4v) is 4.08. The van der Waals surface area contributed by atoms with Gasteiger partial charge in [0.25, 0.3) is 15.7 Å². The summed E-state index contributed by atoms with van der Waals surface area (Å²) in [6.07, 6.45) is 0. The van der Waals surface area contributed by atoms with Crippen LogP contribution in [0.3, 0.4) is 0 Å². The molecule has 0 spiro atoms. The van der Waals surface area contributed by atoms with Gasteiger partial charge >= 0.3 is 5.97 Å². The summed E-state index contributed by atoms with van der Waals surface area (Å²) in [5, 5.41) is 11.5. The summed E-state index contributed by atoms with van der Waals surface area (Å²) in [6, 6.07) is 8.76. The van der Waals surface area contributed by atoms with Crippen molar-refractivity contribution in [3.63, 3.8) is 0 Å². The molecule has 0 saturated heterocycles. The number of sulfonamides is 1. The van der Waals surface area contributed by atoms with Crippen LogP contribution in [0.4, 0.5) is 11.4 Å². The van der Waals surface area contributed by atoms with Crippen molar-refractivity contribution in [3.8, 4) is 0 Å². The quantitative estimate of drug-likeness (QED) is 0.375. The number of para-hydroxylation sites is 1. The summed E-state index contributed by atoms with van der Waals surface area (Å²) in [7, 11) is -4.48. The van der Waals surface area contributed by atoms with Gasteiger partial charge in [-0.25, -0.2) is 8.42 Å². The zero-order valence-corrected chi connectivity index (χ0v) is 16.3. The summed E-state index contributed by atoms with van der Waals surface area (Å²) in [4.78, 5) is 21.8. The van der Waals surface area contributed by atoms with E-state index >= 15 is 0 Å². The molecule has 0 atom stereocenters. The van der Waals surface area contributed by atoms with Crippen molar-refractivity contribution in [3.05, 3.63) is 62.6 Å². The van der Waals surface area contributed by atoms with Crippen LogP contribution < -0.4 is 4.31 Å². The Hall–Kier alpha value is -2.36. The van der Waals surface area contributed by atoms with Gasteiger partial charge in [-0.15, -0.1) is 0 Å². The van der Waals surface area contributed by atoms with Gasteiger partial charge in [-0.1, -0.05) is 35.3 Å². The minimum atomic E-state index is -4.48. The van der Waals surface area contributed by atoms with Crippen molar-refractivity contribution in [2.24, 2.45) is 0 Å². The third kappa shape index (κ3) is 4.68. The number of benzene rings is 2. The van der Waals surface area contributed by atoms with Gasteiger partial charge in [-0.2, -0.15) is 0 Å². The van der Waals surface area contributed by atoms with Gasteiger partial charge in [0.15, 0.2) is 4.90 Å². The number of carbonyl (C=O) groups is 1. The summed E-state index contributed by atoms with van der Waals surface area (Å²) in [5.74, 6) is -0.828. The molecule has 0 saturated carbocycles. The van der Waals surface area contributed by atoms with Crippen molar-refractivity contribution in [2.45, 2.75) is 11.8 Å². The Morgan fingerprint density at radius 3 is 2.44 bits per heavy atom. The zero-order valence-electron chi connectivity index (χ0n) is 14.0. The van der Waals surface area contributed by atoms with E-state index in [1.165, 1.54) is 30.3 Å². The molecule has 0 aliphatic rings. The number of ether oxygens (including phenoxy) is 1.